The van der Waals surface area contributed by atoms with E-state index in [1.807, 2.05) is 22.7 Å². The highest BCUT2D eigenvalue weighted by Gasteiger charge is 2.24. The maximum Gasteiger partial charge on any atom is 0.135 e. The smallest absolute Gasteiger partial charge is 0.135 e. The molecule has 0 saturated carbocycles. The van der Waals surface area contributed by atoms with Crippen molar-refractivity contribution in [1.82, 2.24) is 5.32 Å². The SMILES string of the molecule is C1=C(c2cccc3sc4ccc(-c5cccc(-c6ccc(-c7ccccc7)cc6)c5)cc4c23)N=C(c2cccc3sc4ccccc4c23)NC1c1ccccc1. The number of nitrogens with one attached hydrogen (secondary N) is 1. The van der Waals surface area contributed by atoms with Crippen molar-refractivity contribution in [3.63, 3.8) is 0 Å². The Morgan fingerprint density at radius 1 is 0.393 bits per heavy atom. The van der Waals surface area contributed by atoms with Crippen LogP contribution in [0.3, 0.4) is 0 Å². The molecule has 0 aliphatic carbocycles. The lowest BCUT2D eigenvalue weighted by Gasteiger charge is -2.25. The Bertz CT molecular complexity index is 3150. The zero-order valence-corrected chi connectivity index (χ0v) is 31.9. The van der Waals surface area contributed by atoms with Crippen LogP contribution in [0.1, 0.15) is 22.7 Å². The van der Waals surface area contributed by atoms with Gasteiger partial charge in [-0.15, -0.1) is 22.7 Å². The molecule has 1 aliphatic rings. The van der Waals surface area contributed by atoms with E-state index in [0.717, 1.165) is 22.7 Å². The van der Waals surface area contributed by atoms with Crippen LogP contribution in [0.25, 0.3) is 79.4 Å². The van der Waals surface area contributed by atoms with Crippen LogP contribution in [0.4, 0.5) is 0 Å². The molecule has 0 radical (unpaired) electrons. The van der Waals surface area contributed by atoms with E-state index in [9.17, 15) is 0 Å². The first-order valence-corrected chi connectivity index (χ1v) is 20.6. The number of hydrogen-bond donors (Lipinski definition) is 1. The van der Waals surface area contributed by atoms with Gasteiger partial charge in [0.25, 0.3) is 0 Å². The van der Waals surface area contributed by atoms with Crippen LogP contribution < -0.4 is 5.32 Å². The third-order valence-corrected chi connectivity index (χ3v) is 13.2. The Morgan fingerprint density at radius 2 is 0.911 bits per heavy atom. The van der Waals surface area contributed by atoms with E-state index in [4.69, 9.17) is 4.99 Å². The third-order valence-electron chi connectivity index (χ3n) is 11.0. The van der Waals surface area contributed by atoms with Gasteiger partial charge in [-0.2, -0.15) is 0 Å². The summed E-state index contributed by atoms with van der Waals surface area (Å²) in [7, 11) is 0. The molecular weight excluding hydrogens is 717 g/mol. The molecule has 1 N–H and O–H groups in total. The molecule has 2 aromatic heterocycles. The summed E-state index contributed by atoms with van der Waals surface area (Å²) in [5, 5.41) is 8.89. The summed E-state index contributed by atoms with van der Waals surface area (Å²) in [4.78, 5) is 5.50. The van der Waals surface area contributed by atoms with Crippen molar-refractivity contribution < 1.29 is 0 Å². The Labute approximate surface area is 333 Å². The summed E-state index contributed by atoms with van der Waals surface area (Å²) in [6.07, 6.45) is 2.30. The second kappa shape index (κ2) is 13.6. The van der Waals surface area contributed by atoms with Crippen LogP contribution in [-0.2, 0) is 0 Å². The van der Waals surface area contributed by atoms with Crippen LogP contribution in [-0.4, -0.2) is 5.84 Å². The molecule has 1 atom stereocenters. The Hall–Kier alpha value is -6.59. The summed E-state index contributed by atoms with van der Waals surface area (Å²) in [5.74, 6) is 0.899. The van der Waals surface area contributed by atoms with Crippen molar-refractivity contribution in [3.05, 3.63) is 211 Å². The fourth-order valence-corrected chi connectivity index (χ4v) is 10.5. The normalized spacial score (nSPS) is 14.2. The van der Waals surface area contributed by atoms with Gasteiger partial charge >= 0.3 is 0 Å². The maximum atomic E-state index is 5.50. The molecule has 0 spiro atoms. The fourth-order valence-electron chi connectivity index (χ4n) is 8.22. The molecule has 0 saturated heterocycles. The monoisotopic (exact) mass is 750 g/mol. The van der Waals surface area contributed by atoms with E-state index < -0.39 is 0 Å². The number of amidine groups is 1. The standard InChI is InChI=1S/C52H34N2S2/c1-3-12-33(13-4-1)34-24-26-35(27-25-34)37-16-9-17-38(30-37)39-28-29-47-43(31-39)50-40(19-10-22-48(50)56-47)45-32-44(36-14-5-2-6-15-36)53-52(54-45)42-20-11-23-49-51(42)41-18-7-8-21-46(41)55-49/h1-32,44H,(H,53,54). The van der Waals surface area contributed by atoms with Crippen LogP contribution in [0.15, 0.2) is 199 Å². The Balaban J connectivity index is 1.03. The van der Waals surface area contributed by atoms with Crippen LogP contribution in [0.2, 0.25) is 0 Å². The lowest BCUT2D eigenvalue weighted by atomic mass is 9.95. The predicted octanol–water partition coefficient (Wildman–Crippen LogP) is 14.6. The molecule has 2 nitrogen and oxygen atoms in total. The average Bonchev–Trinajstić information content (AvgIpc) is 3.85. The molecule has 264 valence electrons. The van der Waals surface area contributed by atoms with Gasteiger partial charge in [0.15, 0.2) is 0 Å². The molecule has 4 heteroatoms. The van der Waals surface area contributed by atoms with Gasteiger partial charge < -0.3 is 5.32 Å². The molecule has 0 amide bonds. The first-order valence-electron chi connectivity index (χ1n) is 19.0. The number of fused-ring (bicyclic) bond motifs is 6. The van der Waals surface area contributed by atoms with Crippen molar-refractivity contribution in [1.29, 1.82) is 0 Å². The van der Waals surface area contributed by atoms with Crippen molar-refractivity contribution in [2.75, 3.05) is 0 Å². The number of thiophene rings is 2. The van der Waals surface area contributed by atoms with Crippen LogP contribution in [0, 0.1) is 0 Å². The number of rotatable bonds is 6. The van der Waals surface area contributed by atoms with Crippen LogP contribution in [0.5, 0.6) is 0 Å². The van der Waals surface area contributed by atoms with Gasteiger partial charge in [0, 0.05) is 51.5 Å². The highest BCUT2D eigenvalue weighted by Crippen LogP contribution is 2.43. The topological polar surface area (TPSA) is 24.4 Å². The van der Waals surface area contributed by atoms with E-state index in [1.165, 1.54) is 79.3 Å². The van der Waals surface area contributed by atoms with Gasteiger partial charge in [-0.1, -0.05) is 152 Å². The fraction of sp³-hybridized carbons (Fsp3) is 0.0192. The molecule has 11 rings (SSSR count). The summed E-state index contributed by atoms with van der Waals surface area (Å²) >= 11 is 3.69. The number of aliphatic imine (C=N–C) groups is 1. The zero-order valence-electron chi connectivity index (χ0n) is 30.3. The van der Waals surface area contributed by atoms with Gasteiger partial charge in [0.05, 0.1) is 11.7 Å². The number of nitrogens with zero attached hydrogens (tertiary/aromatic N) is 1. The molecule has 3 heterocycles. The second-order valence-corrected chi connectivity index (χ2v) is 16.5. The van der Waals surface area contributed by atoms with E-state index in [-0.39, 0.29) is 6.04 Å². The molecule has 1 unspecified atom stereocenters. The van der Waals surface area contributed by atoms with Crippen molar-refractivity contribution >= 4 is 74.6 Å². The summed E-state index contributed by atoms with van der Waals surface area (Å²) in [6.45, 7) is 0. The summed E-state index contributed by atoms with van der Waals surface area (Å²) in [6, 6.07) is 68.0. The molecule has 0 fully saturated rings. The lowest BCUT2D eigenvalue weighted by molar-refractivity contribution is 0.781. The minimum atomic E-state index is -0.0425. The molecule has 56 heavy (non-hydrogen) atoms. The Morgan fingerprint density at radius 3 is 1.68 bits per heavy atom. The average molecular weight is 751 g/mol. The molecule has 8 aromatic carbocycles. The molecule has 10 aromatic rings. The molecule has 1 aliphatic heterocycles. The number of benzene rings is 8. The zero-order chi connectivity index (χ0) is 37.0. The Kier molecular flexibility index (Phi) is 7.97. The quantitative estimate of drug-likeness (QED) is 0.180. The van der Waals surface area contributed by atoms with Gasteiger partial charge in [-0.25, -0.2) is 4.99 Å². The van der Waals surface area contributed by atoms with E-state index in [2.05, 4.69) is 199 Å². The van der Waals surface area contributed by atoms with Crippen molar-refractivity contribution in [3.8, 4) is 33.4 Å². The summed E-state index contributed by atoms with van der Waals surface area (Å²) < 4.78 is 5.10. The minimum absolute atomic E-state index is 0.0425. The molecule has 0 bridgehead atoms. The summed E-state index contributed by atoms with van der Waals surface area (Å²) in [5.41, 5.74) is 11.8. The van der Waals surface area contributed by atoms with Crippen molar-refractivity contribution in [2.45, 2.75) is 6.04 Å². The first-order chi connectivity index (χ1) is 27.7. The lowest BCUT2D eigenvalue weighted by Crippen LogP contribution is -2.31. The minimum Gasteiger partial charge on any atom is -0.359 e. The van der Waals surface area contributed by atoms with E-state index in [0.29, 0.717) is 0 Å². The number of hydrogen-bond acceptors (Lipinski definition) is 4. The van der Waals surface area contributed by atoms with Crippen molar-refractivity contribution in [2.24, 2.45) is 4.99 Å². The maximum absolute atomic E-state index is 5.50. The van der Waals surface area contributed by atoms with Gasteiger partial charge in [-0.05, 0) is 81.4 Å². The van der Waals surface area contributed by atoms with E-state index >= 15 is 0 Å². The largest absolute Gasteiger partial charge is 0.359 e. The third kappa shape index (κ3) is 5.74. The highest BCUT2D eigenvalue weighted by atomic mass is 32.1. The van der Waals surface area contributed by atoms with Gasteiger partial charge in [0.2, 0.25) is 0 Å². The van der Waals surface area contributed by atoms with Gasteiger partial charge in [0.1, 0.15) is 5.84 Å². The van der Waals surface area contributed by atoms with E-state index in [1.54, 1.807) is 0 Å². The highest BCUT2D eigenvalue weighted by molar-refractivity contribution is 7.26. The second-order valence-electron chi connectivity index (χ2n) is 14.3. The molecular formula is C52H34N2S2. The van der Waals surface area contributed by atoms with Crippen LogP contribution >= 0.6 is 22.7 Å². The predicted molar refractivity (Wildman–Crippen MR) is 242 cm³/mol. The first kappa shape index (κ1) is 32.8. The van der Waals surface area contributed by atoms with Gasteiger partial charge in [-0.3, -0.25) is 0 Å².